The lowest BCUT2D eigenvalue weighted by Gasteiger charge is -2.20. The topological polar surface area (TPSA) is 128 Å². The Balaban J connectivity index is 2.71. The van der Waals surface area contributed by atoms with Crippen molar-refractivity contribution in [1.29, 1.82) is 0 Å². The minimum absolute atomic E-state index is 0.0435. The van der Waals surface area contributed by atoms with Gasteiger partial charge in [-0.05, 0) is 25.5 Å². The quantitative estimate of drug-likeness (QED) is 0.268. The molecule has 1 aromatic rings. The van der Waals surface area contributed by atoms with Gasteiger partial charge in [-0.1, -0.05) is 6.92 Å². The van der Waals surface area contributed by atoms with Crippen LogP contribution in [0.2, 0.25) is 0 Å². The number of carboxylic acids is 1. The molecule has 9 nitrogen and oxygen atoms in total. The first kappa shape index (κ1) is 20.5. The number of aliphatic carboxylic acids is 1. The number of carbonyl (C=O) groups is 2. The van der Waals surface area contributed by atoms with Crippen LogP contribution in [0.4, 0.5) is 5.69 Å². The molecule has 138 valence electrons. The molecule has 0 aliphatic rings. The highest BCUT2D eigenvalue weighted by Crippen LogP contribution is 2.13. The van der Waals surface area contributed by atoms with E-state index in [1.54, 1.807) is 0 Å². The molecule has 2 N–H and O–H groups in total. The monoisotopic (exact) mass is 354 g/mol. The van der Waals surface area contributed by atoms with Crippen LogP contribution in [-0.2, 0) is 14.3 Å². The van der Waals surface area contributed by atoms with Gasteiger partial charge in [0.05, 0.1) is 23.5 Å². The highest BCUT2D eigenvalue weighted by Gasteiger charge is 2.21. The van der Waals surface area contributed by atoms with E-state index in [1.165, 1.54) is 31.2 Å². The number of rotatable bonds is 11. The van der Waals surface area contributed by atoms with E-state index < -0.39 is 28.8 Å². The van der Waals surface area contributed by atoms with Gasteiger partial charge in [0.25, 0.3) is 11.6 Å². The van der Waals surface area contributed by atoms with Gasteiger partial charge in [-0.15, -0.1) is 0 Å². The van der Waals surface area contributed by atoms with Gasteiger partial charge in [0, 0.05) is 24.3 Å². The van der Waals surface area contributed by atoms with Gasteiger partial charge >= 0.3 is 5.97 Å². The third kappa shape index (κ3) is 7.27. The fraction of sp³-hybridized carbons (Fsp3) is 0.500. The number of carboxylic acid groups (broad SMARTS) is 1. The van der Waals surface area contributed by atoms with Crippen molar-refractivity contribution in [2.24, 2.45) is 5.92 Å². The minimum atomic E-state index is -0.973. The molecule has 2 unspecified atom stereocenters. The normalized spacial score (nSPS) is 13.0. The fourth-order valence-corrected chi connectivity index (χ4v) is 2.03. The second-order valence-electron chi connectivity index (χ2n) is 5.43. The summed E-state index contributed by atoms with van der Waals surface area (Å²) >= 11 is 0. The number of nitro benzene ring substituents is 1. The molecule has 0 bridgehead atoms. The van der Waals surface area contributed by atoms with Crippen molar-refractivity contribution in [3.8, 4) is 0 Å². The summed E-state index contributed by atoms with van der Waals surface area (Å²) in [5, 5.41) is 22.4. The Hall–Kier alpha value is -2.52. The van der Waals surface area contributed by atoms with Crippen molar-refractivity contribution in [1.82, 2.24) is 5.32 Å². The van der Waals surface area contributed by atoms with Crippen LogP contribution in [0.25, 0.3) is 0 Å². The molecular weight excluding hydrogens is 332 g/mol. The van der Waals surface area contributed by atoms with Crippen LogP contribution in [0.15, 0.2) is 24.3 Å². The lowest BCUT2D eigenvalue weighted by atomic mass is 10.0. The summed E-state index contributed by atoms with van der Waals surface area (Å²) in [7, 11) is 0. The molecule has 0 fully saturated rings. The molecule has 25 heavy (non-hydrogen) atoms. The molecule has 1 aromatic carbocycles. The molecule has 0 saturated heterocycles. The van der Waals surface area contributed by atoms with E-state index >= 15 is 0 Å². The molecule has 0 aliphatic heterocycles. The zero-order valence-corrected chi connectivity index (χ0v) is 14.1. The Bertz CT molecular complexity index is 589. The number of benzene rings is 1. The third-order valence-corrected chi connectivity index (χ3v) is 3.42. The van der Waals surface area contributed by atoms with Crippen LogP contribution in [0.1, 0.15) is 30.6 Å². The molecule has 0 saturated carbocycles. The molecule has 0 aromatic heterocycles. The second-order valence-corrected chi connectivity index (χ2v) is 5.43. The number of amides is 1. The molecule has 0 spiro atoms. The van der Waals surface area contributed by atoms with E-state index in [-0.39, 0.29) is 31.1 Å². The van der Waals surface area contributed by atoms with Crippen molar-refractivity contribution >= 4 is 17.6 Å². The van der Waals surface area contributed by atoms with Gasteiger partial charge in [0.1, 0.15) is 6.79 Å². The maximum absolute atomic E-state index is 12.3. The van der Waals surface area contributed by atoms with E-state index in [1.807, 2.05) is 6.92 Å². The first-order valence-corrected chi connectivity index (χ1v) is 7.78. The highest BCUT2D eigenvalue weighted by atomic mass is 16.7. The molecule has 0 aliphatic carbocycles. The summed E-state index contributed by atoms with van der Waals surface area (Å²) in [4.78, 5) is 33.4. The van der Waals surface area contributed by atoms with Gasteiger partial charge in [-0.25, -0.2) is 0 Å². The Morgan fingerprint density at radius 1 is 1.28 bits per heavy atom. The smallest absolute Gasteiger partial charge is 0.306 e. The largest absolute Gasteiger partial charge is 0.481 e. The molecular formula is C16H22N2O7. The zero-order valence-electron chi connectivity index (χ0n) is 14.1. The van der Waals surface area contributed by atoms with Crippen LogP contribution >= 0.6 is 0 Å². The zero-order chi connectivity index (χ0) is 18.8. The highest BCUT2D eigenvalue weighted by molar-refractivity contribution is 5.94. The van der Waals surface area contributed by atoms with Crippen LogP contribution in [-0.4, -0.2) is 48.0 Å². The SMILES string of the molecule is CCOCOCC(CC(C)C(=O)O)NC(=O)c1ccc([N+](=O)[O-])cc1. The maximum atomic E-state index is 12.3. The lowest BCUT2D eigenvalue weighted by molar-refractivity contribution is -0.384. The van der Waals surface area contributed by atoms with Gasteiger partial charge in [0.15, 0.2) is 0 Å². The number of hydrogen-bond donors (Lipinski definition) is 2. The van der Waals surface area contributed by atoms with Gasteiger partial charge in [0.2, 0.25) is 0 Å². The summed E-state index contributed by atoms with van der Waals surface area (Å²) in [6.07, 6.45) is 0.181. The Morgan fingerprint density at radius 2 is 1.92 bits per heavy atom. The van der Waals surface area contributed by atoms with Gasteiger partial charge in [-0.2, -0.15) is 0 Å². The minimum Gasteiger partial charge on any atom is -0.481 e. The molecule has 1 amide bonds. The standard InChI is InChI=1S/C16H22N2O7/c1-3-24-10-25-9-13(8-11(2)16(20)21)17-15(19)12-4-6-14(7-5-12)18(22)23/h4-7,11,13H,3,8-10H2,1-2H3,(H,17,19)(H,20,21). The van der Waals surface area contributed by atoms with Crippen molar-refractivity contribution in [3.05, 3.63) is 39.9 Å². The van der Waals surface area contributed by atoms with E-state index in [9.17, 15) is 19.7 Å². The third-order valence-electron chi connectivity index (χ3n) is 3.42. The summed E-state index contributed by atoms with van der Waals surface area (Å²) in [5.41, 5.74) is 0.121. The predicted octanol–water partition coefficient (Wildman–Crippen LogP) is 1.81. The summed E-state index contributed by atoms with van der Waals surface area (Å²) in [6, 6.07) is 4.61. The van der Waals surface area contributed by atoms with E-state index in [4.69, 9.17) is 14.6 Å². The molecule has 9 heteroatoms. The van der Waals surface area contributed by atoms with Gasteiger partial charge < -0.3 is 19.9 Å². The van der Waals surface area contributed by atoms with Crippen molar-refractivity contribution < 1.29 is 29.1 Å². The number of carbonyl (C=O) groups excluding carboxylic acids is 1. The predicted molar refractivity (Wildman–Crippen MR) is 88.2 cm³/mol. The van der Waals surface area contributed by atoms with Crippen LogP contribution in [0.5, 0.6) is 0 Å². The Kier molecular flexibility index (Phi) is 8.51. The van der Waals surface area contributed by atoms with Crippen molar-refractivity contribution in [2.75, 3.05) is 20.0 Å². The number of hydrogen-bond acceptors (Lipinski definition) is 6. The first-order valence-electron chi connectivity index (χ1n) is 7.78. The maximum Gasteiger partial charge on any atom is 0.306 e. The number of non-ortho nitro benzene ring substituents is 1. The van der Waals surface area contributed by atoms with Crippen LogP contribution in [0.3, 0.4) is 0 Å². The average molecular weight is 354 g/mol. The summed E-state index contributed by atoms with van der Waals surface area (Å²) in [5.74, 6) is -2.10. The number of ether oxygens (including phenoxy) is 2. The van der Waals surface area contributed by atoms with Crippen molar-refractivity contribution in [2.45, 2.75) is 26.3 Å². The molecule has 2 atom stereocenters. The Morgan fingerprint density at radius 3 is 2.44 bits per heavy atom. The number of nitrogens with zero attached hydrogens (tertiary/aromatic N) is 1. The van der Waals surface area contributed by atoms with Crippen LogP contribution < -0.4 is 5.32 Å². The summed E-state index contributed by atoms with van der Waals surface area (Å²) < 4.78 is 10.3. The van der Waals surface area contributed by atoms with E-state index in [2.05, 4.69) is 5.32 Å². The lowest BCUT2D eigenvalue weighted by Crippen LogP contribution is -2.40. The van der Waals surface area contributed by atoms with Crippen molar-refractivity contribution in [3.63, 3.8) is 0 Å². The second kappa shape index (κ2) is 10.4. The molecule has 0 radical (unpaired) electrons. The van der Waals surface area contributed by atoms with Crippen LogP contribution in [0, 0.1) is 16.0 Å². The Labute approximate surface area is 145 Å². The molecule has 1 rings (SSSR count). The van der Waals surface area contributed by atoms with E-state index in [0.29, 0.717) is 6.61 Å². The van der Waals surface area contributed by atoms with E-state index in [0.717, 1.165) is 0 Å². The number of nitro groups is 1. The number of nitrogens with one attached hydrogen (secondary N) is 1. The van der Waals surface area contributed by atoms with Gasteiger partial charge in [-0.3, -0.25) is 19.7 Å². The first-order chi connectivity index (χ1) is 11.8. The summed E-state index contributed by atoms with van der Waals surface area (Å²) in [6.45, 7) is 3.96. The average Bonchev–Trinajstić information content (AvgIpc) is 2.58. The molecule has 0 heterocycles. The fourth-order valence-electron chi connectivity index (χ4n) is 2.03.